The summed E-state index contributed by atoms with van der Waals surface area (Å²) in [6.07, 6.45) is 1.12. The first-order chi connectivity index (χ1) is 9.81. The van der Waals surface area contributed by atoms with Crippen molar-refractivity contribution in [2.45, 2.75) is 12.3 Å². The van der Waals surface area contributed by atoms with Crippen molar-refractivity contribution in [1.82, 2.24) is 4.98 Å². The van der Waals surface area contributed by atoms with Crippen molar-refractivity contribution in [2.24, 2.45) is 0 Å². The Labute approximate surface area is 116 Å². The van der Waals surface area contributed by atoms with Gasteiger partial charge in [-0.25, -0.2) is 0 Å². The molecule has 0 amide bonds. The van der Waals surface area contributed by atoms with Crippen molar-refractivity contribution in [1.29, 1.82) is 0 Å². The first-order valence-corrected chi connectivity index (χ1v) is 6.78. The van der Waals surface area contributed by atoms with Gasteiger partial charge in [-0.15, -0.1) is 0 Å². The molecule has 1 atom stereocenters. The lowest BCUT2D eigenvalue weighted by Gasteiger charge is -2.29. The maximum absolute atomic E-state index is 5.88. The number of nitrogens with two attached hydrogens (primary N) is 1. The summed E-state index contributed by atoms with van der Waals surface area (Å²) < 4.78 is 5.65. The fraction of sp³-hybridized carbons (Fsp3) is 0.188. The van der Waals surface area contributed by atoms with E-state index in [4.69, 9.17) is 10.2 Å². The molecule has 1 aliphatic rings. The smallest absolute Gasteiger partial charge is 0.295 e. The number of aromatic nitrogens is 1. The van der Waals surface area contributed by atoms with E-state index in [-0.39, 0.29) is 0 Å². The zero-order valence-corrected chi connectivity index (χ0v) is 11.0. The molecule has 20 heavy (non-hydrogen) atoms. The molecule has 4 heteroatoms. The van der Waals surface area contributed by atoms with Crippen molar-refractivity contribution in [2.75, 3.05) is 17.6 Å². The molecule has 100 valence electrons. The number of rotatable bonds is 3. The van der Waals surface area contributed by atoms with Crippen molar-refractivity contribution in [3.8, 4) is 0 Å². The Hall–Kier alpha value is -2.49. The Morgan fingerprint density at radius 2 is 2.10 bits per heavy atom. The zero-order chi connectivity index (χ0) is 13.5. The summed E-state index contributed by atoms with van der Waals surface area (Å²) in [7, 11) is 0. The van der Waals surface area contributed by atoms with Crippen molar-refractivity contribution >= 4 is 22.8 Å². The number of hydrogen-bond donors (Lipinski definition) is 2. The number of hydrogen-bond acceptors (Lipinski definition) is 4. The highest BCUT2D eigenvalue weighted by Crippen LogP contribution is 2.35. The molecule has 2 aromatic carbocycles. The minimum atomic E-state index is 0.540. The van der Waals surface area contributed by atoms with E-state index in [0.29, 0.717) is 17.6 Å². The second-order valence-corrected chi connectivity index (χ2v) is 5.19. The topological polar surface area (TPSA) is 64.1 Å². The normalized spacial score (nSPS) is 16.7. The number of nitrogens with one attached hydrogen (secondary N) is 1. The van der Waals surface area contributed by atoms with Gasteiger partial charge in [0.2, 0.25) is 0 Å². The molecule has 0 radical (unpaired) electrons. The number of anilines is 2. The molecule has 0 saturated heterocycles. The van der Waals surface area contributed by atoms with Crippen LogP contribution in [0.4, 0.5) is 11.7 Å². The molecule has 4 nitrogen and oxygen atoms in total. The van der Waals surface area contributed by atoms with Crippen molar-refractivity contribution in [3.63, 3.8) is 0 Å². The maximum Gasteiger partial charge on any atom is 0.295 e. The van der Waals surface area contributed by atoms with Crippen LogP contribution in [-0.2, 0) is 6.42 Å². The van der Waals surface area contributed by atoms with Crippen LogP contribution >= 0.6 is 0 Å². The number of benzene rings is 2. The van der Waals surface area contributed by atoms with Gasteiger partial charge in [-0.3, -0.25) is 0 Å². The molecular weight excluding hydrogens is 250 g/mol. The standard InChI is InChI=1S/C16H15N3O/c17-13-6-3-7-14-15(13)19-16(20-14)18-9-11-8-10-4-1-2-5-12(10)11/h1-7,11H,8-9,17H2,(H,18,19). The van der Waals surface area contributed by atoms with E-state index in [1.807, 2.05) is 18.2 Å². The predicted octanol–water partition coefficient (Wildman–Crippen LogP) is 3.16. The minimum Gasteiger partial charge on any atom is -0.423 e. The average Bonchev–Trinajstić information content (AvgIpc) is 2.84. The van der Waals surface area contributed by atoms with Crippen LogP contribution in [0.3, 0.4) is 0 Å². The van der Waals surface area contributed by atoms with Gasteiger partial charge in [0.1, 0.15) is 5.52 Å². The minimum absolute atomic E-state index is 0.540. The molecule has 0 fully saturated rings. The number of nitrogen functional groups attached to an aromatic ring is 1. The quantitative estimate of drug-likeness (QED) is 0.714. The van der Waals surface area contributed by atoms with Gasteiger partial charge in [0, 0.05) is 12.5 Å². The van der Waals surface area contributed by atoms with Gasteiger partial charge < -0.3 is 15.5 Å². The Bertz CT molecular complexity index is 778. The van der Waals surface area contributed by atoms with E-state index in [9.17, 15) is 0 Å². The fourth-order valence-corrected chi connectivity index (χ4v) is 2.80. The number of para-hydroxylation sites is 1. The third-order valence-electron chi connectivity index (χ3n) is 3.91. The zero-order valence-electron chi connectivity index (χ0n) is 11.0. The van der Waals surface area contributed by atoms with Crippen LogP contribution < -0.4 is 11.1 Å². The van der Waals surface area contributed by atoms with E-state index in [2.05, 4.69) is 34.6 Å². The van der Waals surface area contributed by atoms with Crippen LogP contribution in [0.2, 0.25) is 0 Å². The summed E-state index contributed by atoms with van der Waals surface area (Å²) in [6, 6.07) is 14.7. The number of fused-ring (bicyclic) bond motifs is 2. The van der Waals surface area contributed by atoms with Crippen LogP contribution in [0.5, 0.6) is 0 Å². The SMILES string of the molecule is Nc1cccc2oc(NCC3Cc4ccccc43)nc12. The molecule has 3 N–H and O–H groups in total. The molecule has 0 bridgehead atoms. The Morgan fingerprint density at radius 3 is 2.95 bits per heavy atom. The molecule has 0 spiro atoms. The number of oxazole rings is 1. The van der Waals surface area contributed by atoms with Gasteiger partial charge in [-0.2, -0.15) is 4.98 Å². The fourth-order valence-electron chi connectivity index (χ4n) is 2.80. The van der Waals surface area contributed by atoms with E-state index in [0.717, 1.165) is 24.1 Å². The summed E-state index contributed by atoms with van der Waals surface area (Å²) >= 11 is 0. The average molecular weight is 265 g/mol. The third-order valence-corrected chi connectivity index (χ3v) is 3.91. The summed E-state index contributed by atoms with van der Waals surface area (Å²) in [5.41, 5.74) is 10.8. The molecule has 1 unspecified atom stereocenters. The van der Waals surface area contributed by atoms with Gasteiger partial charge in [0.25, 0.3) is 6.01 Å². The lowest BCUT2D eigenvalue weighted by Crippen LogP contribution is -2.24. The van der Waals surface area contributed by atoms with Crippen LogP contribution in [0.25, 0.3) is 11.1 Å². The first-order valence-electron chi connectivity index (χ1n) is 6.78. The molecule has 4 rings (SSSR count). The van der Waals surface area contributed by atoms with Crippen molar-refractivity contribution < 1.29 is 4.42 Å². The second-order valence-electron chi connectivity index (χ2n) is 5.19. The monoisotopic (exact) mass is 265 g/mol. The van der Waals surface area contributed by atoms with Crippen LogP contribution in [0, 0.1) is 0 Å². The van der Waals surface area contributed by atoms with E-state index < -0.39 is 0 Å². The molecular formula is C16H15N3O. The highest BCUT2D eigenvalue weighted by Gasteiger charge is 2.25. The third kappa shape index (κ3) is 1.72. The van der Waals surface area contributed by atoms with Gasteiger partial charge in [0.15, 0.2) is 5.58 Å². The first kappa shape index (κ1) is 11.3. The Morgan fingerprint density at radius 1 is 1.20 bits per heavy atom. The summed E-state index contributed by atoms with van der Waals surface area (Å²) in [5, 5.41) is 3.27. The highest BCUT2D eigenvalue weighted by molar-refractivity contribution is 5.86. The molecule has 3 aromatic rings. The van der Waals surface area contributed by atoms with Crippen molar-refractivity contribution in [3.05, 3.63) is 53.6 Å². The summed E-state index contributed by atoms with van der Waals surface area (Å²) in [4.78, 5) is 4.40. The summed E-state index contributed by atoms with van der Waals surface area (Å²) in [5.74, 6) is 0.540. The molecule has 0 saturated carbocycles. The van der Waals surface area contributed by atoms with Gasteiger partial charge in [-0.05, 0) is 29.7 Å². The summed E-state index contributed by atoms with van der Waals surface area (Å²) in [6.45, 7) is 0.837. The van der Waals surface area contributed by atoms with Crippen LogP contribution in [-0.4, -0.2) is 11.5 Å². The second kappa shape index (κ2) is 4.27. The largest absolute Gasteiger partial charge is 0.423 e. The van der Waals surface area contributed by atoms with Crippen LogP contribution in [0.15, 0.2) is 46.9 Å². The van der Waals surface area contributed by atoms with E-state index in [1.165, 1.54) is 11.1 Å². The maximum atomic E-state index is 5.88. The Kier molecular flexibility index (Phi) is 2.42. The van der Waals surface area contributed by atoms with Gasteiger partial charge in [-0.1, -0.05) is 30.3 Å². The Balaban J connectivity index is 1.51. The molecule has 1 aromatic heterocycles. The lowest BCUT2D eigenvalue weighted by atomic mass is 9.78. The van der Waals surface area contributed by atoms with E-state index in [1.54, 1.807) is 0 Å². The predicted molar refractivity (Wildman–Crippen MR) is 79.8 cm³/mol. The highest BCUT2D eigenvalue weighted by atomic mass is 16.4. The molecule has 1 aliphatic carbocycles. The van der Waals surface area contributed by atoms with Gasteiger partial charge in [0.05, 0.1) is 5.69 Å². The number of nitrogens with zero attached hydrogens (tertiary/aromatic N) is 1. The lowest BCUT2D eigenvalue weighted by molar-refractivity contribution is 0.586. The van der Waals surface area contributed by atoms with E-state index >= 15 is 0 Å². The molecule has 1 heterocycles. The molecule has 0 aliphatic heterocycles. The van der Waals surface area contributed by atoms with Crippen LogP contribution in [0.1, 0.15) is 17.0 Å². The van der Waals surface area contributed by atoms with Gasteiger partial charge >= 0.3 is 0 Å².